The summed E-state index contributed by atoms with van der Waals surface area (Å²) in [5.74, 6) is 0.962. The van der Waals surface area contributed by atoms with Crippen LogP contribution in [0.1, 0.15) is 28.4 Å². The molecule has 0 atom stereocenters. The summed E-state index contributed by atoms with van der Waals surface area (Å²) < 4.78 is 13.5. The molecule has 0 heterocycles. The molecule has 0 bridgehead atoms. The van der Waals surface area contributed by atoms with Crippen LogP contribution in [-0.4, -0.2) is 18.7 Å². The molecular formula is C23H20BrIN2O3. The van der Waals surface area contributed by atoms with Crippen molar-refractivity contribution in [1.29, 1.82) is 0 Å². The van der Waals surface area contributed by atoms with E-state index >= 15 is 0 Å². The summed E-state index contributed by atoms with van der Waals surface area (Å²) in [5.41, 5.74) is 4.92. The van der Waals surface area contributed by atoms with Crippen molar-refractivity contribution in [2.45, 2.75) is 13.5 Å². The Morgan fingerprint density at radius 3 is 2.53 bits per heavy atom. The van der Waals surface area contributed by atoms with E-state index in [1.165, 1.54) is 0 Å². The highest BCUT2D eigenvalue weighted by Crippen LogP contribution is 2.37. The van der Waals surface area contributed by atoms with Gasteiger partial charge in [-0.25, -0.2) is 5.43 Å². The molecule has 0 aromatic heterocycles. The van der Waals surface area contributed by atoms with Crippen LogP contribution in [0.2, 0.25) is 0 Å². The monoisotopic (exact) mass is 578 g/mol. The first-order valence-corrected chi connectivity index (χ1v) is 11.2. The number of hydrazone groups is 1. The van der Waals surface area contributed by atoms with Crippen molar-refractivity contribution in [2.75, 3.05) is 6.61 Å². The van der Waals surface area contributed by atoms with Gasteiger partial charge >= 0.3 is 0 Å². The van der Waals surface area contributed by atoms with Gasteiger partial charge in [0.15, 0.2) is 11.5 Å². The molecular weight excluding hydrogens is 559 g/mol. The molecule has 0 aliphatic heterocycles. The molecule has 30 heavy (non-hydrogen) atoms. The van der Waals surface area contributed by atoms with E-state index in [0.29, 0.717) is 30.3 Å². The number of amides is 1. The standard InChI is InChI=1S/C23H20BrIN2O3/c1-2-29-21-13-17(14-26-27-23(28)18-8-10-19(25)11-9-18)12-20(24)22(21)30-15-16-6-4-3-5-7-16/h3-14H,2,15H2,1H3,(H,27,28)/b26-14-. The highest BCUT2D eigenvalue weighted by Gasteiger charge is 2.12. The molecule has 1 amide bonds. The average molecular weight is 579 g/mol. The van der Waals surface area contributed by atoms with Crippen molar-refractivity contribution in [2.24, 2.45) is 5.10 Å². The summed E-state index contributed by atoms with van der Waals surface area (Å²) in [7, 11) is 0. The first-order valence-electron chi connectivity index (χ1n) is 9.29. The van der Waals surface area contributed by atoms with Crippen molar-refractivity contribution in [3.05, 3.63) is 91.5 Å². The summed E-state index contributed by atoms with van der Waals surface area (Å²) in [6, 6.07) is 20.9. The first-order chi connectivity index (χ1) is 14.6. The van der Waals surface area contributed by atoms with Gasteiger partial charge in [-0.15, -0.1) is 0 Å². The first kappa shape index (κ1) is 22.3. The Morgan fingerprint density at radius 1 is 1.10 bits per heavy atom. The number of carbonyl (C=O) groups excluding carboxylic acids is 1. The van der Waals surface area contributed by atoms with Gasteiger partial charge in [-0.2, -0.15) is 5.10 Å². The third-order valence-electron chi connectivity index (χ3n) is 4.04. The van der Waals surface area contributed by atoms with E-state index in [4.69, 9.17) is 9.47 Å². The minimum atomic E-state index is -0.269. The maximum absolute atomic E-state index is 12.2. The third kappa shape index (κ3) is 6.30. The smallest absolute Gasteiger partial charge is 0.271 e. The lowest BCUT2D eigenvalue weighted by Gasteiger charge is -2.14. The van der Waals surface area contributed by atoms with E-state index in [2.05, 4.69) is 49.0 Å². The van der Waals surface area contributed by atoms with E-state index < -0.39 is 0 Å². The van der Waals surface area contributed by atoms with Gasteiger partial charge in [0.05, 0.1) is 17.3 Å². The number of hydrogen-bond acceptors (Lipinski definition) is 4. The van der Waals surface area contributed by atoms with Gasteiger partial charge in [-0.3, -0.25) is 4.79 Å². The van der Waals surface area contributed by atoms with Crippen molar-refractivity contribution >= 4 is 50.6 Å². The van der Waals surface area contributed by atoms with E-state index in [1.807, 2.05) is 61.5 Å². The third-order valence-corrected chi connectivity index (χ3v) is 5.35. The van der Waals surface area contributed by atoms with Crippen LogP contribution >= 0.6 is 38.5 Å². The van der Waals surface area contributed by atoms with Gasteiger partial charge in [0.1, 0.15) is 6.61 Å². The molecule has 3 aromatic carbocycles. The van der Waals surface area contributed by atoms with Crippen molar-refractivity contribution in [1.82, 2.24) is 5.43 Å². The molecule has 0 aliphatic rings. The lowest BCUT2D eigenvalue weighted by molar-refractivity contribution is 0.0955. The zero-order valence-corrected chi connectivity index (χ0v) is 20.0. The molecule has 7 heteroatoms. The Hall–Kier alpha value is -2.39. The van der Waals surface area contributed by atoms with E-state index in [0.717, 1.165) is 19.2 Å². The summed E-state index contributed by atoms with van der Waals surface area (Å²) in [4.78, 5) is 12.2. The molecule has 0 spiro atoms. The fraction of sp³-hybridized carbons (Fsp3) is 0.130. The number of nitrogens with zero attached hydrogens (tertiary/aromatic N) is 1. The van der Waals surface area contributed by atoms with Gasteiger partial charge in [-0.05, 0) is 93.0 Å². The number of nitrogens with one attached hydrogen (secondary N) is 1. The van der Waals surface area contributed by atoms with Gasteiger partial charge < -0.3 is 9.47 Å². The van der Waals surface area contributed by atoms with E-state index in [1.54, 1.807) is 18.3 Å². The minimum Gasteiger partial charge on any atom is -0.490 e. The number of benzene rings is 3. The van der Waals surface area contributed by atoms with Crippen LogP contribution < -0.4 is 14.9 Å². The van der Waals surface area contributed by atoms with Crippen LogP contribution in [0, 0.1) is 3.57 Å². The van der Waals surface area contributed by atoms with Gasteiger partial charge in [-0.1, -0.05) is 30.3 Å². The van der Waals surface area contributed by atoms with Crippen LogP contribution in [0.5, 0.6) is 11.5 Å². The zero-order valence-electron chi connectivity index (χ0n) is 16.3. The van der Waals surface area contributed by atoms with Crippen molar-refractivity contribution in [3.8, 4) is 11.5 Å². The molecule has 154 valence electrons. The molecule has 0 unspecified atom stereocenters. The Bertz CT molecular complexity index is 1020. The number of rotatable bonds is 8. The SMILES string of the molecule is CCOc1cc(/C=N\NC(=O)c2ccc(I)cc2)cc(Br)c1OCc1ccccc1. The zero-order chi connectivity index (χ0) is 21.3. The highest BCUT2D eigenvalue weighted by atomic mass is 127. The molecule has 0 saturated heterocycles. The fourth-order valence-electron chi connectivity index (χ4n) is 2.63. The topological polar surface area (TPSA) is 59.9 Å². The molecule has 5 nitrogen and oxygen atoms in total. The Kier molecular flexibility index (Phi) is 8.27. The molecule has 0 radical (unpaired) electrons. The van der Waals surface area contributed by atoms with Crippen LogP contribution in [0.4, 0.5) is 0 Å². The maximum atomic E-state index is 12.2. The largest absolute Gasteiger partial charge is 0.490 e. The summed E-state index contributed by atoms with van der Waals surface area (Å²) >= 11 is 5.74. The van der Waals surface area contributed by atoms with Crippen LogP contribution in [-0.2, 0) is 6.61 Å². The van der Waals surface area contributed by atoms with E-state index in [9.17, 15) is 4.79 Å². The molecule has 3 rings (SSSR count). The number of carbonyl (C=O) groups is 1. The lowest BCUT2D eigenvalue weighted by Crippen LogP contribution is -2.17. The molecule has 0 saturated carbocycles. The minimum absolute atomic E-state index is 0.269. The van der Waals surface area contributed by atoms with Crippen molar-refractivity contribution in [3.63, 3.8) is 0 Å². The second kappa shape index (κ2) is 11.1. The Balaban J connectivity index is 1.71. The highest BCUT2D eigenvalue weighted by molar-refractivity contribution is 14.1. The van der Waals surface area contributed by atoms with Gasteiger partial charge in [0.25, 0.3) is 5.91 Å². The summed E-state index contributed by atoms with van der Waals surface area (Å²) in [6.07, 6.45) is 1.57. The molecule has 1 N–H and O–H groups in total. The quantitative estimate of drug-likeness (QED) is 0.209. The summed E-state index contributed by atoms with van der Waals surface area (Å²) in [6.45, 7) is 2.84. The second-order valence-corrected chi connectivity index (χ2v) is 8.34. The Morgan fingerprint density at radius 2 is 1.83 bits per heavy atom. The number of hydrogen-bond donors (Lipinski definition) is 1. The molecule has 0 fully saturated rings. The molecule has 0 aliphatic carbocycles. The average Bonchev–Trinajstić information content (AvgIpc) is 2.74. The normalized spacial score (nSPS) is 10.8. The lowest BCUT2D eigenvalue weighted by atomic mass is 10.2. The number of halogens is 2. The molecule has 3 aromatic rings. The van der Waals surface area contributed by atoms with Crippen LogP contribution in [0.25, 0.3) is 0 Å². The van der Waals surface area contributed by atoms with Crippen LogP contribution in [0.15, 0.2) is 76.3 Å². The number of ether oxygens (including phenoxy) is 2. The fourth-order valence-corrected chi connectivity index (χ4v) is 3.56. The Labute approximate surface area is 197 Å². The predicted octanol–water partition coefficient (Wildman–Crippen LogP) is 5.80. The van der Waals surface area contributed by atoms with Gasteiger partial charge in [0.2, 0.25) is 0 Å². The van der Waals surface area contributed by atoms with Crippen molar-refractivity contribution < 1.29 is 14.3 Å². The van der Waals surface area contributed by atoms with Crippen LogP contribution in [0.3, 0.4) is 0 Å². The second-order valence-electron chi connectivity index (χ2n) is 6.24. The van der Waals surface area contributed by atoms with Gasteiger partial charge in [0, 0.05) is 9.13 Å². The summed E-state index contributed by atoms with van der Waals surface area (Å²) in [5, 5.41) is 4.06. The predicted molar refractivity (Wildman–Crippen MR) is 130 cm³/mol. The van der Waals surface area contributed by atoms with E-state index in [-0.39, 0.29) is 5.91 Å². The maximum Gasteiger partial charge on any atom is 0.271 e.